The minimum Gasteiger partial charge on any atom is -0.335 e. The second kappa shape index (κ2) is 10.2. The van der Waals surface area contributed by atoms with E-state index in [-0.39, 0.29) is 18.8 Å². The Kier molecular flexibility index (Phi) is 5.75. The molecule has 0 amide bonds. The molecule has 0 fully saturated rings. The van der Waals surface area contributed by atoms with Crippen LogP contribution in [0, 0.1) is 0 Å². The number of benzene rings is 4. The molecular formula is C42H34BN3. The van der Waals surface area contributed by atoms with Gasteiger partial charge in [-0.1, -0.05) is 115 Å². The minimum atomic E-state index is 0.165. The molecule has 3 atom stereocenters. The van der Waals surface area contributed by atoms with Crippen LogP contribution in [0.4, 0.5) is 34.1 Å². The van der Waals surface area contributed by atoms with Crippen LogP contribution in [-0.4, -0.2) is 18.8 Å². The summed E-state index contributed by atoms with van der Waals surface area (Å²) in [4.78, 5) is 7.84. The van der Waals surface area contributed by atoms with E-state index in [2.05, 4.69) is 166 Å². The molecule has 220 valence electrons. The Morgan fingerprint density at radius 2 is 1.35 bits per heavy atom. The zero-order chi connectivity index (χ0) is 30.2. The molecule has 3 aliphatic heterocycles. The van der Waals surface area contributed by atoms with Crippen LogP contribution in [0.2, 0.25) is 0 Å². The van der Waals surface area contributed by atoms with Crippen molar-refractivity contribution in [3.8, 4) is 0 Å². The Labute approximate surface area is 271 Å². The summed E-state index contributed by atoms with van der Waals surface area (Å²) < 4.78 is 0. The lowest BCUT2D eigenvalue weighted by atomic mass is 9.33. The summed E-state index contributed by atoms with van der Waals surface area (Å²) in [5.41, 5.74) is 14.8. The molecule has 0 N–H and O–H groups in total. The number of hydrogen-bond acceptors (Lipinski definition) is 3. The van der Waals surface area contributed by atoms with Crippen molar-refractivity contribution in [2.75, 3.05) is 14.7 Å². The van der Waals surface area contributed by atoms with Crippen molar-refractivity contribution in [2.45, 2.75) is 37.3 Å². The average molecular weight is 592 g/mol. The van der Waals surface area contributed by atoms with Gasteiger partial charge in [-0.05, 0) is 77.6 Å². The fourth-order valence-corrected chi connectivity index (χ4v) is 8.84. The lowest BCUT2D eigenvalue weighted by Crippen LogP contribution is -2.63. The molecule has 3 aliphatic carbocycles. The maximum Gasteiger partial charge on any atom is 0.252 e. The Morgan fingerprint density at radius 3 is 2.17 bits per heavy atom. The Hall–Kier alpha value is -5.22. The highest BCUT2D eigenvalue weighted by atomic mass is 15.2. The summed E-state index contributed by atoms with van der Waals surface area (Å²) in [5, 5.41) is 0. The van der Waals surface area contributed by atoms with Crippen LogP contribution in [-0.2, 0) is 0 Å². The Morgan fingerprint density at radius 1 is 0.609 bits per heavy atom. The van der Waals surface area contributed by atoms with E-state index in [1.807, 2.05) is 0 Å². The largest absolute Gasteiger partial charge is 0.335 e. The quantitative estimate of drug-likeness (QED) is 0.224. The van der Waals surface area contributed by atoms with Gasteiger partial charge < -0.3 is 14.7 Å². The highest BCUT2D eigenvalue weighted by Gasteiger charge is 2.45. The van der Waals surface area contributed by atoms with E-state index >= 15 is 0 Å². The van der Waals surface area contributed by atoms with E-state index in [0.29, 0.717) is 5.92 Å². The topological polar surface area (TPSA) is 9.72 Å². The number of anilines is 6. The van der Waals surface area contributed by atoms with Gasteiger partial charge in [-0.2, -0.15) is 0 Å². The van der Waals surface area contributed by atoms with Gasteiger partial charge in [0, 0.05) is 45.7 Å². The SMILES string of the molecule is C1=CCCC(N2c3ccccc3B3c4ccccc4N(C4C=CC=CC4)c4cc(N5c6ccccc6C6C=CC=CC65)cc2c43)=C1. The predicted molar refractivity (Wildman–Crippen MR) is 195 cm³/mol. The number of fused-ring (bicyclic) bond motifs is 7. The number of rotatable bonds is 3. The van der Waals surface area contributed by atoms with Crippen molar-refractivity contribution in [2.24, 2.45) is 0 Å². The first kappa shape index (κ1) is 26.0. The molecule has 10 rings (SSSR count). The summed E-state index contributed by atoms with van der Waals surface area (Å²) in [6.07, 6.45) is 28.2. The third kappa shape index (κ3) is 3.67. The fraction of sp³-hybridized carbons (Fsp3) is 0.143. The standard InChI is InChI=1S/C42H34BN3/c1-3-15-29(16-4-1)44-38-25-13-9-21-34(38)43-35-22-10-14-26-39(35)45(30-17-5-2-6-18-30)41-28-31(27-40(44)42(41)43)46-36-23-11-7-19-32(36)33-20-8-12-24-37(33)46/h1-5,7-15,17,19-29,32,36H,6,16,18H2. The highest BCUT2D eigenvalue weighted by molar-refractivity contribution is 7.00. The molecule has 4 aromatic rings. The van der Waals surface area contributed by atoms with Gasteiger partial charge in [-0.25, -0.2) is 0 Å². The van der Waals surface area contributed by atoms with Crippen molar-refractivity contribution in [3.63, 3.8) is 0 Å². The van der Waals surface area contributed by atoms with E-state index in [1.165, 1.54) is 61.8 Å². The van der Waals surface area contributed by atoms with E-state index in [9.17, 15) is 0 Å². The molecule has 0 bridgehead atoms. The first-order valence-corrected chi connectivity index (χ1v) is 16.7. The molecule has 0 saturated heterocycles. The summed E-state index contributed by atoms with van der Waals surface area (Å²) in [6.45, 7) is 0.165. The third-order valence-corrected chi connectivity index (χ3v) is 10.7. The molecule has 0 saturated carbocycles. The summed E-state index contributed by atoms with van der Waals surface area (Å²) in [5.74, 6) is 0.340. The maximum absolute atomic E-state index is 2.64. The normalized spacial score (nSPS) is 22.7. The van der Waals surface area contributed by atoms with Crippen LogP contribution in [0.25, 0.3) is 0 Å². The molecule has 6 aliphatic rings. The molecule has 3 heterocycles. The molecule has 4 aromatic carbocycles. The van der Waals surface area contributed by atoms with E-state index in [4.69, 9.17) is 0 Å². The van der Waals surface area contributed by atoms with Crippen molar-refractivity contribution in [1.29, 1.82) is 0 Å². The highest BCUT2D eigenvalue weighted by Crippen LogP contribution is 2.51. The Balaban J connectivity index is 1.29. The number of allylic oxidation sites excluding steroid dienone is 8. The van der Waals surface area contributed by atoms with E-state index in [0.717, 1.165) is 19.3 Å². The second-order valence-electron chi connectivity index (χ2n) is 13.1. The van der Waals surface area contributed by atoms with Gasteiger partial charge in [-0.3, -0.25) is 0 Å². The van der Waals surface area contributed by atoms with E-state index in [1.54, 1.807) is 0 Å². The van der Waals surface area contributed by atoms with Gasteiger partial charge in [0.1, 0.15) is 0 Å². The Bertz CT molecular complexity index is 2100. The molecule has 0 radical (unpaired) electrons. The van der Waals surface area contributed by atoms with Crippen molar-refractivity contribution >= 4 is 57.2 Å². The van der Waals surface area contributed by atoms with Crippen LogP contribution in [0.1, 0.15) is 30.7 Å². The molecule has 46 heavy (non-hydrogen) atoms. The molecule has 0 spiro atoms. The van der Waals surface area contributed by atoms with Crippen LogP contribution in [0.5, 0.6) is 0 Å². The van der Waals surface area contributed by atoms with Crippen LogP contribution in [0.15, 0.2) is 157 Å². The molecule has 4 heteroatoms. The van der Waals surface area contributed by atoms with Gasteiger partial charge in [0.15, 0.2) is 0 Å². The number of hydrogen-bond donors (Lipinski definition) is 0. The molecule has 3 nitrogen and oxygen atoms in total. The number of nitrogens with zero attached hydrogens (tertiary/aromatic N) is 3. The zero-order valence-electron chi connectivity index (χ0n) is 25.7. The van der Waals surface area contributed by atoms with Crippen LogP contribution in [0.3, 0.4) is 0 Å². The van der Waals surface area contributed by atoms with Gasteiger partial charge in [-0.15, -0.1) is 0 Å². The van der Waals surface area contributed by atoms with Crippen molar-refractivity contribution < 1.29 is 0 Å². The van der Waals surface area contributed by atoms with Gasteiger partial charge in [0.05, 0.1) is 12.1 Å². The maximum atomic E-state index is 2.64. The minimum absolute atomic E-state index is 0.165. The molecule has 3 unspecified atom stereocenters. The lowest BCUT2D eigenvalue weighted by molar-refractivity contribution is 0.744. The summed E-state index contributed by atoms with van der Waals surface area (Å²) in [6, 6.07) is 32.8. The van der Waals surface area contributed by atoms with Crippen molar-refractivity contribution in [3.05, 3.63) is 163 Å². The second-order valence-corrected chi connectivity index (χ2v) is 13.1. The number of para-hydroxylation sites is 3. The summed E-state index contributed by atoms with van der Waals surface area (Å²) in [7, 11) is 0. The first-order valence-electron chi connectivity index (χ1n) is 16.7. The third-order valence-electron chi connectivity index (χ3n) is 10.7. The van der Waals surface area contributed by atoms with Crippen LogP contribution < -0.4 is 31.1 Å². The molecular weight excluding hydrogens is 557 g/mol. The fourth-order valence-electron chi connectivity index (χ4n) is 8.84. The summed E-state index contributed by atoms with van der Waals surface area (Å²) >= 11 is 0. The first-order chi connectivity index (χ1) is 22.9. The molecule has 0 aromatic heterocycles. The average Bonchev–Trinajstić information content (AvgIpc) is 3.46. The monoisotopic (exact) mass is 591 g/mol. The van der Waals surface area contributed by atoms with E-state index < -0.39 is 0 Å². The predicted octanol–water partition coefficient (Wildman–Crippen LogP) is 7.95. The smallest absolute Gasteiger partial charge is 0.252 e. The van der Waals surface area contributed by atoms with Crippen LogP contribution >= 0.6 is 0 Å². The van der Waals surface area contributed by atoms with Gasteiger partial charge in [0.2, 0.25) is 0 Å². The van der Waals surface area contributed by atoms with Crippen molar-refractivity contribution in [1.82, 2.24) is 0 Å². The van der Waals surface area contributed by atoms with Gasteiger partial charge in [0.25, 0.3) is 6.71 Å². The van der Waals surface area contributed by atoms with Gasteiger partial charge >= 0.3 is 0 Å². The zero-order valence-corrected chi connectivity index (χ0v) is 25.7. The lowest BCUT2D eigenvalue weighted by Gasteiger charge is -2.47.